The molecule has 0 aliphatic carbocycles. The van der Waals surface area contributed by atoms with Crippen LogP contribution in [0.25, 0.3) is 0 Å². The average Bonchev–Trinajstić information content (AvgIpc) is 2.80. The molecule has 0 saturated carbocycles. The lowest BCUT2D eigenvalue weighted by Gasteiger charge is -2.23. The molecule has 0 fully saturated rings. The highest BCUT2D eigenvalue weighted by molar-refractivity contribution is 6.05. The minimum Gasteiger partial charge on any atom is -0.466 e. The van der Waals surface area contributed by atoms with Crippen molar-refractivity contribution in [2.75, 3.05) is 11.9 Å². The summed E-state index contributed by atoms with van der Waals surface area (Å²) in [5, 5.41) is 14.0. The lowest BCUT2D eigenvalue weighted by Crippen LogP contribution is -2.41. The molecule has 7 nitrogen and oxygen atoms in total. The first-order chi connectivity index (χ1) is 10.5. The van der Waals surface area contributed by atoms with Crippen LogP contribution in [0.15, 0.2) is 24.3 Å². The van der Waals surface area contributed by atoms with Crippen LogP contribution in [0.1, 0.15) is 31.7 Å². The van der Waals surface area contributed by atoms with Crippen LogP contribution < -0.4 is 5.32 Å². The summed E-state index contributed by atoms with van der Waals surface area (Å²) >= 11 is 0. The molecule has 0 spiro atoms. The molecule has 7 heteroatoms. The predicted octanol–water partition coefficient (Wildman–Crippen LogP) is 1.96. The zero-order chi connectivity index (χ0) is 16.3. The summed E-state index contributed by atoms with van der Waals surface area (Å²) in [4.78, 5) is 35.4. The number of amides is 1. The molecule has 0 saturated heterocycles. The number of carbonyl (C=O) groups is 2. The van der Waals surface area contributed by atoms with Gasteiger partial charge in [0.05, 0.1) is 12.5 Å². The Labute approximate surface area is 127 Å². The number of hydrogen-bond donors (Lipinski definition) is 1. The number of rotatable bonds is 6. The van der Waals surface area contributed by atoms with Gasteiger partial charge in [-0.3, -0.25) is 19.7 Å². The minimum atomic E-state index is -1.17. The molecule has 1 N–H and O–H groups in total. The third kappa shape index (κ3) is 2.79. The summed E-state index contributed by atoms with van der Waals surface area (Å²) in [5.74, 6) is -3.14. The van der Waals surface area contributed by atoms with Crippen molar-refractivity contribution in [1.82, 2.24) is 0 Å². The molecule has 0 radical (unpaired) electrons. The number of nitro groups is 1. The van der Waals surface area contributed by atoms with Gasteiger partial charge in [0.15, 0.2) is 0 Å². The van der Waals surface area contributed by atoms with Gasteiger partial charge in [0.25, 0.3) is 0 Å². The van der Waals surface area contributed by atoms with E-state index in [-0.39, 0.29) is 13.0 Å². The van der Waals surface area contributed by atoms with E-state index in [2.05, 4.69) is 5.32 Å². The van der Waals surface area contributed by atoms with Crippen LogP contribution in [0, 0.1) is 16.0 Å². The van der Waals surface area contributed by atoms with Gasteiger partial charge in [-0.25, -0.2) is 0 Å². The van der Waals surface area contributed by atoms with Gasteiger partial charge in [-0.05, 0) is 18.6 Å². The molecule has 2 rings (SSSR count). The van der Waals surface area contributed by atoms with Crippen molar-refractivity contribution >= 4 is 17.6 Å². The number of benzene rings is 1. The molecule has 1 amide bonds. The first-order valence-electron chi connectivity index (χ1n) is 7.21. The zero-order valence-corrected chi connectivity index (χ0v) is 12.4. The number of para-hydroxylation sites is 1. The maximum absolute atomic E-state index is 12.3. The third-order valence-corrected chi connectivity index (χ3v) is 3.86. The van der Waals surface area contributed by atoms with Crippen LogP contribution in [0.5, 0.6) is 0 Å². The maximum Gasteiger partial charge on any atom is 0.317 e. The molecule has 1 unspecified atom stereocenters. The Morgan fingerprint density at radius 1 is 1.41 bits per heavy atom. The summed E-state index contributed by atoms with van der Waals surface area (Å²) in [6.45, 7) is 3.36. The Bertz CT molecular complexity index is 601. The fraction of sp³-hybridized carbons (Fsp3) is 0.467. The molecule has 1 heterocycles. The second-order valence-corrected chi connectivity index (χ2v) is 5.09. The quantitative estimate of drug-likeness (QED) is 0.492. The summed E-state index contributed by atoms with van der Waals surface area (Å²) in [7, 11) is 0. The summed E-state index contributed by atoms with van der Waals surface area (Å²) < 4.78 is 4.99. The minimum absolute atomic E-state index is 0.111. The van der Waals surface area contributed by atoms with Crippen LogP contribution in [-0.4, -0.2) is 29.4 Å². The number of hydrogen-bond acceptors (Lipinski definition) is 5. The molecule has 1 aromatic rings. The van der Waals surface area contributed by atoms with E-state index in [0.717, 1.165) is 0 Å². The van der Waals surface area contributed by atoms with Crippen molar-refractivity contribution in [3.05, 3.63) is 39.9 Å². The second kappa shape index (κ2) is 6.55. The maximum atomic E-state index is 12.3. The van der Waals surface area contributed by atoms with E-state index in [1.807, 2.05) is 0 Å². The molecule has 1 aliphatic heterocycles. The standard InChI is InChI=1S/C15H18N2O5/c1-3-11(17(20)21)13(15(19)22-4-2)12-9-7-5-6-8-10(9)16-14(12)18/h5-8,11-13H,3-4H2,1-2H3,(H,16,18)/t11-,12?,13-/m0/s1. The molecule has 22 heavy (non-hydrogen) atoms. The van der Waals surface area contributed by atoms with Gasteiger partial charge >= 0.3 is 5.97 Å². The molecule has 1 aliphatic rings. The Morgan fingerprint density at radius 2 is 2.09 bits per heavy atom. The normalized spacial score (nSPS) is 19.0. The van der Waals surface area contributed by atoms with Crippen molar-refractivity contribution in [2.24, 2.45) is 5.92 Å². The van der Waals surface area contributed by atoms with Gasteiger partial charge < -0.3 is 10.1 Å². The fourth-order valence-corrected chi connectivity index (χ4v) is 2.88. The fourth-order valence-electron chi connectivity index (χ4n) is 2.88. The molecule has 0 bridgehead atoms. The topological polar surface area (TPSA) is 98.5 Å². The molecule has 118 valence electrons. The SMILES string of the molecule is CCOC(=O)[C@H](C1C(=O)Nc2ccccc21)[C@H](CC)[N+](=O)[O-]. The van der Waals surface area contributed by atoms with Crippen molar-refractivity contribution in [3.8, 4) is 0 Å². The van der Waals surface area contributed by atoms with E-state index in [1.54, 1.807) is 38.1 Å². The first-order valence-corrected chi connectivity index (χ1v) is 7.21. The number of nitrogens with one attached hydrogen (secondary N) is 1. The van der Waals surface area contributed by atoms with Crippen molar-refractivity contribution in [1.29, 1.82) is 0 Å². The number of anilines is 1. The van der Waals surface area contributed by atoms with Crippen molar-refractivity contribution < 1.29 is 19.2 Å². The second-order valence-electron chi connectivity index (χ2n) is 5.09. The van der Waals surface area contributed by atoms with Gasteiger partial charge in [-0.2, -0.15) is 0 Å². The van der Waals surface area contributed by atoms with E-state index in [1.165, 1.54) is 0 Å². The molecule has 0 aromatic heterocycles. The highest BCUT2D eigenvalue weighted by Gasteiger charge is 2.49. The Morgan fingerprint density at radius 3 is 2.68 bits per heavy atom. The van der Waals surface area contributed by atoms with E-state index in [0.29, 0.717) is 11.3 Å². The lowest BCUT2D eigenvalue weighted by atomic mass is 9.81. The Hall–Kier alpha value is -2.44. The average molecular weight is 306 g/mol. The Balaban J connectivity index is 2.47. The van der Waals surface area contributed by atoms with E-state index in [9.17, 15) is 19.7 Å². The van der Waals surface area contributed by atoms with Gasteiger partial charge in [0.1, 0.15) is 5.92 Å². The van der Waals surface area contributed by atoms with E-state index in [4.69, 9.17) is 4.74 Å². The molecular formula is C15H18N2O5. The van der Waals surface area contributed by atoms with Crippen LogP contribution in [0.4, 0.5) is 5.69 Å². The smallest absolute Gasteiger partial charge is 0.317 e. The van der Waals surface area contributed by atoms with E-state index >= 15 is 0 Å². The highest BCUT2D eigenvalue weighted by Crippen LogP contribution is 2.40. The van der Waals surface area contributed by atoms with Crippen LogP contribution >= 0.6 is 0 Å². The predicted molar refractivity (Wildman–Crippen MR) is 79.0 cm³/mol. The Kier molecular flexibility index (Phi) is 4.75. The number of esters is 1. The zero-order valence-electron chi connectivity index (χ0n) is 12.4. The van der Waals surface area contributed by atoms with Crippen molar-refractivity contribution in [3.63, 3.8) is 0 Å². The van der Waals surface area contributed by atoms with Crippen LogP contribution in [0.2, 0.25) is 0 Å². The lowest BCUT2D eigenvalue weighted by molar-refractivity contribution is -0.530. The number of nitrogens with zero attached hydrogens (tertiary/aromatic N) is 1. The molecular weight excluding hydrogens is 288 g/mol. The number of fused-ring (bicyclic) bond motifs is 1. The third-order valence-electron chi connectivity index (χ3n) is 3.86. The van der Waals surface area contributed by atoms with Gasteiger partial charge in [0, 0.05) is 17.0 Å². The van der Waals surface area contributed by atoms with Crippen LogP contribution in [0.3, 0.4) is 0 Å². The van der Waals surface area contributed by atoms with Crippen LogP contribution in [-0.2, 0) is 14.3 Å². The summed E-state index contributed by atoms with van der Waals surface area (Å²) in [5.41, 5.74) is 1.19. The van der Waals surface area contributed by atoms with E-state index < -0.39 is 34.7 Å². The monoisotopic (exact) mass is 306 g/mol. The first kappa shape index (κ1) is 15.9. The van der Waals surface area contributed by atoms with Gasteiger partial charge in [0.2, 0.25) is 11.9 Å². The highest BCUT2D eigenvalue weighted by atomic mass is 16.6. The number of carbonyl (C=O) groups excluding carboxylic acids is 2. The number of ether oxygens (including phenoxy) is 1. The van der Waals surface area contributed by atoms with Gasteiger partial charge in [-0.15, -0.1) is 0 Å². The summed E-state index contributed by atoms with van der Waals surface area (Å²) in [6, 6.07) is 5.74. The van der Waals surface area contributed by atoms with Gasteiger partial charge in [-0.1, -0.05) is 25.1 Å². The summed E-state index contributed by atoms with van der Waals surface area (Å²) in [6.07, 6.45) is 0.141. The van der Waals surface area contributed by atoms with Crippen molar-refractivity contribution in [2.45, 2.75) is 32.2 Å². The molecule has 3 atom stereocenters. The molecule has 1 aromatic carbocycles. The largest absolute Gasteiger partial charge is 0.466 e.